The zero-order valence-electron chi connectivity index (χ0n) is 16.3. The summed E-state index contributed by atoms with van der Waals surface area (Å²) in [5.74, 6) is 0. The number of hydrogen-bond acceptors (Lipinski definition) is 5. The lowest BCUT2D eigenvalue weighted by Crippen LogP contribution is -2.38. The molecular formula is C22H24N4O2. The monoisotopic (exact) mass is 376 g/mol. The van der Waals surface area contributed by atoms with Crippen molar-refractivity contribution in [2.45, 2.75) is 19.2 Å². The van der Waals surface area contributed by atoms with E-state index in [0.717, 1.165) is 17.3 Å². The van der Waals surface area contributed by atoms with Gasteiger partial charge in [0.05, 0.1) is 10.9 Å². The number of aliphatic hydroxyl groups is 1. The fourth-order valence-electron chi connectivity index (χ4n) is 3.76. The quantitative estimate of drug-likeness (QED) is 0.318. The van der Waals surface area contributed by atoms with Crippen LogP contribution in [0, 0.1) is 0 Å². The fraction of sp³-hybridized carbons (Fsp3) is 0.273. The highest BCUT2D eigenvalue weighted by atomic mass is 16.3. The van der Waals surface area contributed by atoms with Crippen LogP contribution in [0.1, 0.15) is 18.7 Å². The first-order valence-corrected chi connectivity index (χ1v) is 9.37. The van der Waals surface area contributed by atoms with E-state index in [9.17, 15) is 9.90 Å². The standard InChI is InChI=1S/C22H24N4O2/c1-14(13-25(2)3)23-21(27)18-9-6-12-26-20(18)24-19-16-8-5-4-7-15(16)10-11-17(19)22(26)28/h4-12,14,21,23,27H,13H2,1-3H3/t14-,21?/m0/s1. The summed E-state index contributed by atoms with van der Waals surface area (Å²) in [5.41, 5.74) is 1.57. The summed E-state index contributed by atoms with van der Waals surface area (Å²) in [6.45, 7) is 2.79. The first kappa shape index (κ1) is 18.6. The molecule has 2 aromatic carbocycles. The summed E-state index contributed by atoms with van der Waals surface area (Å²) in [4.78, 5) is 19.9. The van der Waals surface area contributed by atoms with Crippen LogP contribution < -0.4 is 10.9 Å². The smallest absolute Gasteiger partial charge is 0.265 e. The number of aromatic nitrogens is 2. The number of fused-ring (bicyclic) bond motifs is 4. The van der Waals surface area contributed by atoms with Gasteiger partial charge < -0.3 is 10.0 Å². The Labute approximate surface area is 163 Å². The number of pyridine rings is 1. The minimum Gasteiger partial charge on any atom is -0.374 e. The first-order valence-electron chi connectivity index (χ1n) is 9.37. The lowest BCUT2D eigenvalue weighted by Gasteiger charge is -2.22. The van der Waals surface area contributed by atoms with Crippen molar-refractivity contribution in [3.8, 4) is 0 Å². The Kier molecular flexibility index (Phi) is 4.85. The molecule has 2 heterocycles. The molecule has 0 saturated carbocycles. The van der Waals surface area contributed by atoms with E-state index in [-0.39, 0.29) is 11.6 Å². The van der Waals surface area contributed by atoms with Gasteiger partial charge in [0.25, 0.3) is 5.56 Å². The average Bonchev–Trinajstić information content (AvgIpc) is 2.67. The van der Waals surface area contributed by atoms with E-state index in [1.807, 2.05) is 57.4 Å². The fourth-order valence-corrected chi connectivity index (χ4v) is 3.76. The second-order valence-corrected chi connectivity index (χ2v) is 7.49. The predicted octanol–water partition coefficient (Wildman–Crippen LogP) is 2.53. The second-order valence-electron chi connectivity index (χ2n) is 7.49. The zero-order chi connectivity index (χ0) is 19.8. The molecule has 28 heavy (non-hydrogen) atoms. The highest BCUT2D eigenvalue weighted by molar-refractivity contribution is 6.05. The van der Waals surface area contributed by atoms with E-state index in [1.165, 1.54) is 4.40 Å². The lowest BCUT2D eigenvalue weighted by atomic mass is 10.1. The van der Waals surface area contributed by atoms with E-state index in [1.54, 1.807) is 18.3 Å². The minimum absolute atomic E-state index is 0.0678. The number of benzene rings is 2. The Hall–Kier alpha value is -2.80. The molecular weight excluding hydrogens is 352 g/mol. The van der Waals surface area contributed by atoms with Gasteiger partial charge in [0, 0.05) is 29.7 Å². The molecule has 0 fully saturated rings. The van der Waals surface area contributed by atoms with Crippen molar-refractivity contribution < 1.29 is 5.11 Å². The summed E-state index contributed by atoms with van der Waals surface area (Å²) >= 11 is 0. The van der Waals surface area contributed by atoms with Gasteiger partial charge in [-0.25, -0.2) is 4.98 Å². The molecule has 2 aromatic heterocycles. The average molecular weight is 376 g/mol. The Balaban J connectivity index is 1.91. The van der Waals surface area contributed by atoms with Crippen LogP contribution in [0.4, 0.5) is 0 Å². The van der Waals surface area contributed by atoms with E-state index < -0.39 is 6.23 Å². The lowest BCUT2D eigenvalue weighted by molar-refractivity contribution is 0.120. The molecule has 4 aromatic rings. The van der Waals surface area contributed by atoms with Crippen molar-refractivity contribution in [2.75, 3.05) is 20.6 Å². The van der Waals surface area contributed by atoms with Crippen molar-refractivity contribution >= 4 is 27.3 Å². The SMILES string of the molecule is C[C@@H](CN(C)C)NC(O)c1cccn2c(=O)c3ccc4ccccc4c3nc12. The van der Waals surface area contributed by atoms with E-state index in [2.05, 4.69) is 10.2 Å². The molecule has 4 rings (SSSR count). The molecule has 0 amide bonds. The van der Waals surface area contributed by atoms with Crippen LogP contribution in [-0.4, -0.2) is 46.1 Å². The Bertz CT molecular complexity index is 1220. The zero-order valence-corrected chi connectivity index (χ0v) is 16.3. The number of hydrogen-bond donors (Lipinski definition) is 2. The maximum absolute atomic E-state index is 13.1. The molecule has 0 bridgehead atoms. The molecule has 0 aliphatic rings. The van der Waals surface area contributed by atoms with Gasteiger partial charge >= 0.3 is 0 Å². The third kappa shape index (κ3) is 3.26. The van der Waals surface area contributed by atoms with Crippen LogP contribution in [0.25, 0.3) is 27.3 Å². The van der Waals surface area contributed by atoms with E-state index >= 15 is 0 Å². The molecule has 0 radical (unpaired) electrons. The summed E-state index contributed by atoms with van der Waals surface area (Å²) in [6, 6.07) is 15.3. The largest absolute Gasteiger partial charge is 0.374 e. The van der Waals surface area contributed by atoms with Gasteiger partial charge in [-0.05, 0) is 44.6 Å². The molecule has 6 heteroatoms. The number of rotatable bonds is 5. The molecule has 0 aliphatic heterocycles. The first-order chi connectivity index (χ1) is 13.5. The van der Waals surface area contributed by atoms with Gasteiger partial charge in [-0.15, -0.1) is 0 Å². The van der Waals surface area contributed by atoms with Crippen LogP contribution >= 0.6 is 0 Å². The van der Waals surface area contributed by atoms with Crippen LogP contribution in [0.15, 0.2) is 59.5 Å². The van der Waals surface area contributed by atoms with Gasteiger partial charge in [-0.2, -0.15) is 0 Å². The van der Waals surface area contributed by atoms with Gasteiger partial charge in [0.15, 0.2) is 0 Å². The van der Waals surface area contributed by atoms with Crippen LogP contribution in [0.2, 0.25) is 0 Å². The third-order valence-electron chi connectivity index (χ3n) is 4.94. The molecule has 0 spiro atoms. The summed E-state index contributed by atoms with van der Waals surface area (Å²) in [7, 11) is 3.97. The van der Waals surface area contributed by atoms with Gasteiger partial charge in [0.1, 0.15) is 11.9 Å². The molecule has 0 saturated heterocycles. The highest BCUT2D eigenvalue weighted by Crippen LogP contribution is 2.24. The van der Waals surface area contributed by atoms with E-state index in [0.29, 0.717) is 22.1 Å². The van der Waals surface area contributed by atoms with Gasteiger partial charge in [-0.3, -0.25) is 14.5 Å². The molecule has 1 unspecified atom stereocenters. The minimum atomic E-state index is -0.925. The third-order valence-corrected chi connectivity index (χ3v) is 4.94. The van der Waals surface area contributed by atoms with E-state index in [4.69, 9.17) is 4.98 Å². The summed E-state index contributed by atoms with van der Waals surface area (Å²) < 4.78 is 1.51. The van der Waals surface area contributed by atoms with Gasteiger partial charge in [0.2, 0.25) is 0 Å². The maximum atomic E-state index is 13.1. The van der Waals surface area contributed by atoms with Crippen molar-refractivity contribution in [3.05, 3.63) is 70.6 Å². The van der Waals surface area contributed by atoms with Crippen molar-refractivity contribution in [1.29, 1.82) is 0 Å². The van der Waals surface area contributed by atoms with Crippen molar-refractivity contribution in [1.82, 2.24) is 19.6 Å². The summed E-state index contributed by atoms with van der Waals surface area (Å²) in [6.07, 6.45) is 0.768. The molecule has 6 nitrogen and oxygen atoms in total. The number of likely N-dealkylation sites (N-methyl/N-ethyl adjacent to an activating group) is 1. The molecule has 144 valence electrons. The number of aliphatic hydroxyl groups excluding tert-OH is 1. The van der Waals surface area contributed by atoms with Crippen LogP contribution in [-0.2, 0) is 0 Å². The summed E-state index contributed by atoms with van der Waals surface area (Å²) in [5, 5.41) is 16.5. The molecule has 2 atom stereocenters. The maximum Gasteiger partial charge on any atom is 0.265 e. The normalized spacial score (nSPS) is 14.2. The molecule has 0 aliphatic carbocycles. The van der Waals surface area contributed by atoms with Crippen molar-refractivity contribution in [3.63, 3.8) is 0 Å². The Morgan fingerprint density at radius 1 is 1.11 bits per heavy atom. The number of nitrogens with one attached hydrogen (secondary N) is 1. The predicted molar refractivity (Wildman–Crippen MR) is 113 cm³/mol. The molecule has 2 N–H and O–H groups in total. The van der Waals surface area contributed by atoms with Crippen LogP contribution in [0.3, 0.4) is 0 Å². The highest BCUT2D eigenvalue weighted by Gasteiger charge is 2.17. The topological polar surface area (TPSA) is 69.9 Å². The van der Waals surface area contributed by atoms with Gasteiger partial charge in [-0.1, -0.05) is 30.3 Å². The van der Waals surface area contributed by atoms with Crippen molar-refractivity contribution in [2.24, 2.45) is 0 Å². The van der Waals surface area contributed by atoms with Crippen LogP contribution in [0.5, 0.6) is 0 Å². The Morgan fingerprint density at radius 2 is 1.89 bits per heavy atom. The second kappa shape index (κ2) is 7.31. The number of nitrogens with zero attached hydrogens (tertiary/aromatic N) is 3. The Morgan fingerprint density at radius 3 is 2.68 bits per heavy atom.